The highest BCUT2D eigenvalue weighted by molar-refractivity contribution is 5.76. The maximum absolute atomic E-state index is 12.5. The molecular weight excluding hydrogens is 342 g/mol. The predicted octanol–water partition coefficient (Wildman–Crippen LogP) is 2.65. The van der Waals surface area contributed by atoms with Crippen LogP contribution in [0.2, 0.25) is 0 Å². The molecule has 27 heavy (non-hydrogen) atoms. The summed E-state index contributed by atoms with van der Waals surface area (Å²) in [6.07, 6.45) is 5.79. The summed E-state index contributed by atoms with van der Waals surface area (Å²) in [5.41, 5.74) is 3.11. The lowest BCUT2D eigenvalue weighted by Gasteiger charge is -2.26. The van der Waals surface area contributed by atoms with E-state index in [1.165, 1.54) is 0 Å². The van der Waals surface area contributed by atoms with E-state index in [-0.39, 0.29) is 5.91 Å². The fourth-order valence-corrected chi connectivity index (χ4v) is 3.38. The summed E-state index contributed by atoms with van der Waals surface area (Å²) < 4.78 is 7.06. The molecule has 7 nitrogen and oxygen atoms in total. The number of nitrogens with one attached hydrogen (secondary N) is 1. The number of nitrogens with zero attached hydrogens (tertiary/aromatic N) is 4. The Hall–Kier alpha value is -3.09. The highest BCUT2D eigenvalue weighted by Crippen LogP contribution is 2.24. The first kappa shape index (κ1) is 17.3. The zero-order valence-corrected chi connectivity index (χ0v) is 15.4. The molecule has 0 unspecified atom stereocenters. The Kier molecular flexibility index (Phi) is 4.91. The Morgan fingerprint density at radius 1 is 1.30 bits per heavy atom. The Bertz CT molecular complexity index is 899. The molecule has 7 heteroatoms. The zero-order chi connectivity index (χ0) is 18.6. The van der Waals surface area contributed by atoms with Crippen LogP contribution in [0.5, 0.6) is 5.75 Å². The maximum Gasteiger partial charge on any atom is 0.222 e. The molecule has 1 amide bonds. The first-order valence-corrected chi connectivity index (χ1v) is 9.20. The molecule has 4 rings (SSSR count). The van der Waals surface area contributed by atoms with E-state index in [0.717, 1.165) is 54.5 Å². The van der Waals surface area contributed by atoms with Gasteiger partial charge in [0.25, 0.3) is 0 Å². The van der Waals surface area contributed by atoms with Crippen molar-refractivity contribution in [2.24, 2.45) is 0 Å². The number of carbonyl (C=O) groups is 1. The highest BCUT2D eigenvalue weighted by Gasteiger charge is 2.23. The molecule has 0 atom stereocenters. The Morgan fingerprint density at radius 2 is 2.15 bits per heavy atom. The lowest BCUT2D eigenvalue weighted by atomic mass is 10.1. The molecule has 3 heterocycles. The number of amides is 1. The van der Waals surface area contributed by atoms with Crippen molar-refractivity contribution in [2.75, 3.05) is 13.7 Å². The molecule has 0 fully saturated rings. The number of fused-ring (bicyclic) bond motifs is 1. The standard InChI is InChI=1S/C20H23N5O2/c1-27-16-7-5-15(6-8-16)20-22-17-9-13-24(14-18(17)23-20)19(26)4-2-11-25-12-3-10-21-25/h3,5-8,10,12H,2,4,9,11,13-14H2,1H3,(H,22,23). The van der Waals surface area contributed by atoms with Crippen molar-refractivity contribution in [3.63, 3.8) is 0 Å². The lowest BCUT2D eigenvalue weighted by molar-refractivity contribution is -0.132. The average molecular weight is 365 g/mol. The predicted molar refractivity (Wildman–Crippen MR) is 101 cm³/mol. The first-order chi connectivity index (χ1) is 13.2. The third-order valence-electron chi connectivity index (χ3n) is 4.89. The van der Waals surface area contributed by atoms with Crippen LogP contribution in [0.25, 0.3) is 11.4 Å². The van der Waals surface area contributed by atoms with Crippen LogP contribution in [0.1, 0.15) is 24.2 Å². The molecule has 0 saturated heterocycles. The van der Waals surface area contributed by atoms with Gasteiger partial charge in [-0.1, -0.05) is 0 Å². The summed E-state index contributed by atoms with van der Waals surface area (Å²) in [6.45, 7) is 2.09. The third kappa shape index (κ3) is 3.86. The number of aromatic nitrogens is 4. The summed E-state index contributed by atoms with van der Waals surface area (Å²) in [4.78, 5) is 22.6. The highest BCUT2D eigenvalue weighted by atomic mass is 16.5. The molecular formula is C20H23N5O2. The van der Waals surface area contributed by atoms with Crippen LogP contribution in [0.15, 0.2) is 42.7 Å². The summed E-state index contributed by atoms with van der Waals surface area (Å²) in [5, 5.41) is 4.17. The van der Waals surface area contributed by atoms with Crippen LogP contribution < -0.4 is 4.74 Å². The number of imidazole rings is 1. The molecule has 0 spiro atoms. The van der Waals surface area contributed by atoms with E-state index in [2.05, 4.69) is 10.1 Å². The van der Waals surface area contributed by atoms with Crippen LogP contribution in [0.4, 0.5) is 0 Å². The monoisotopic (exact) mass is 365 g/mol. The SMILES string of the molecule is COc1ccc(-c2nc3c([nH]2)CN(C(=O)CCCn2cccn2)CC3)cc1. The second kappa shape index (κ2) is 7.65. The molecule has 1 aromatic carbocycles. The van der Waals surface area contributed by atoms with Crippen molar-refractivity contribution in [2.45, 2.75) is 32.4 Å². The largest absolute Gasteiger partial charge is 0.497 e. The Labute approximate surface area is 158 Å². The van der Waals surface area contributed by atoms with E-state index < -0.39 is 0 Å². The maximum atomic E-state index is 12.5. The van der Waals surface area contributed by atoms with E-state index in [0.29, 0.717) is 13.0 Å². The molecule has 1 aliphatic rings. The van der Waals surface area contributed by atoms with Crippen molar-refractivity contribution in [1.29, 1.82) is 0 Å². The summed E-state index contributed by atoms with van der Waals surface area (Å²) in [5.74, 6) is 1.85. The van der Waals surface area contributed by atoms with Gasteiger partial charge in [0, 0.05) is 43.9 Å². The van der Waals surface area contributed by atoms with Gasteiger partial charge in [0.15, 0.2) is 0 Å². The number of methoxy groups -OCH3 is 1. The number of carbonyl (C=O) groups excluding carboxylic acids is 1. The molecule has 2 aromatic heterocycles. The van der Waals surface area contributed by atoms with E-state index in [9.17, 15) is 4.79 Å². The van der Waals surface area contributed by atoms with Gasteiger partial charge in [-0.15, -0.1) is 0 Å². The molecule has 0 bridgehead atoms. The minimum atomic E-state index is 0.188. The van der Waals surface area contributed by atoms with Crippen LogP contribution in [0, 0.1) is 0 Å². The lowest BCUT2D eigenvalue weighted by Crippen LogP contribution is -2.36. The van der Waals surface area contributed by atoms with Crippen molar-refractivity contribution < 1.29 is 9.53 Å². The van der Waals surface area contributed by atoms with Crippen LogP contribution in [0.3, 0.4) is 0 Å². The fourth-order valence-electron chi connectivity index (χ4n) is 3.38. The minimum Gasteiger partial charge on any atom is -0.497 e. The molecule has 1 aliphatic heterocycles. The van der Waals surface area contributed by atoms with Gasteiger partial charge in [0.05, 0.1) is 25.0 Å². The van der Waals surface area contributed by atoms with Crippen molar-refractivity contribution in [1.82, 2.24) is 24.6 Å². The zero-order valence-electron chi connectivity index (χ0n) is 15.4. The second-order valence-corrected chi connectivity index (χ2v) is 6.68. The van der Waals surface area contributed by atoms with Gasteiger partial charge in [-0.2, -0.15) is 5.10 Å². The minimum absolute atomic E-state index is 0.188. The van der Waals surface area contributed by atoms with Gasteiger partial charge in [-0.3, -0.25) is 9.48 Å². The molecule has 3 aromatic rings. The van der Waals surface area contributed by atoms with Gasteiger partial charge in [0.2, 0.25) is 5.91 Å². The van der Waals surface area contributed by atoms with Gasteiger partial charge in [-0.25, -0.2) is 4.98 Å². The van der Waals surface area contributed by atoms with Gasteiger partial charge in [0.1, 0.15) is 11.6 Å². The molecule has 0 saturated carbocycles. The van der Waals surface area contributed by atoms with Crippen molar-refractivity contribution in [3.05, 3.63) is 54.1 Å². The summed E-state index contributed by atoms with van der Waals surface area (Å²) in [7, 11) is 1.65. The topological polar surface area (TPSA) is 76.0 Å². The van der Waals surface area contributed by atoms with E-state index >= 15 is 0 Å². The molecule has 140 valence electrons. The second-order valence-electron chi connectivity index (χ2n) is 6.68. The first-order valence-electron chi connectivity index (χ1n) is 9.20. The summed E-state index contributed by atoms with van der Waals surface area (Å²) >= 11 is 0. The fraction of sp³-hybridized carbons (Fsp3) is 0.350. The van der Waals surface area contributed by atoms with Gasteiger partial charge >= 0.3 is 0 Å². The quantitative estimate of drug-likeness (QED) is 0.729. The van der Waals surface area contributed by atoms with Gasteiger partial charge in [-0.05, 0) is 36.8 Å². The average Bonchev–Trinajstić information content (AvgIpc) is 3.37. The normalized spacial score (nSPS) is 13.4. The Balaban J connectivity index is 1.37. The van der Waals surface area contributed by atoms with E-state index in [1.54, 1.807) is 13.3 Å². The Morgan fingerprint density at radius 3 is 2.89 bits per heavy atom. The number of hydrogen-bond donors (Lipinski definition) is 1. The van der Waals surface area contributed by atoms with Crippen molar-refractivity contribution >= 4 is 5.91 Å². The molecule has 0 radical (unpaired) electrons. The molecule has 0 aliphatic carbocycles. The number of H-pyrrole nitrogens is 1. The number of rotatable bonds is 6. The van der Waals surface area contributed by atoms with Crippen LogP contribution in [-0.4, -0.2) is 44.2 Å². The van der Waals surface area contributed by atoms with E-state index in [1.807, 2.05) is 46.1 Å². The smallest absolute Gasteiger partial charge is 0.222 e. The molecule has 1 N–H and O–H groups in total. The number of aryl methyl sites for hydroxylation is 1. The summed E-state index contributed by atoms with van der Waals surface area (Å²) in [6, 6.07) is 9.72. The third-order valence-corrected chi connectivity index (χ3v) is 4.89. The van der Waals surface area contributed by atoms with E-state index in [4.69, 9.17) is 9.72 Å². The van der Waals surface area contributed by atoms with Crippen LogP contribution >= 0.6 is 0 Å². The van der Waals surface area contributed by atoms with Crippen molar-refractivity contribution in [3.8, 4) is 17.1 Å². The van der Waals surface area contributed by atoms with Gasteiger partial charge < -0.3 is 14.6 Å². The number of hydrogen-bond acceptors (Lipinski definition) is 4. The number of benzene rings is 1. The number of ether oxygens (including phenoxy) is 1. The number of aromatic amines is 1. The van der Waals surface area contributed by atoms with Crippen LogP contribution in [-0.2, 0) is 24.3 Å².